The van der Waals surface area contributed by atoms with Crippen LogP contribution in [0.25, 0.3) is 0 Å². The molecule has 4 nitrogen and oxygen atoms in total. The maximum atomic E-state index is 12.7. The molecule has 2 aromatic rings. The number of rotatable bonds is 4. The van der Waals surface area contributed by atoms with Crippen molar-refractivity contribution in [2.24, 2.45) is 0 Å². The molecule has 2 aromatic heterocycles. The molecule has 6 heteroatoms. The van der Waals surface area contributed by atoms with E-state index in [0.717, 1.165) is 18.4 Å². The van der Waals surface area contributed by atoms with Gasteiger partial charge in [0.2, 0.25) is 11.8 Å². The first-order chi connectivity index (χ1) is 7.75. The third kappa shape index (κ3) is 2.73. The lowest BCUT2D eigenvalue weighted by molar-refractivity contribution is 0.306. The summed E-state index contributed by atoms with van der Waals surface area (Å²) < 4.78 is 18.0. The summed E-state index contributed by atoms with van der Waals surface area (Å²) in [6, 6.07) is 1.17. The van der Waals surface area contributed by atoms with E-state index >= 15 is 0 Å². The molecule has 0 spiro atoms. The molecule has 0 bridgehead atoms. The van der Waals surface area contributed by atoms with Crippen molar-refractivity contribution in [2.45, 2.75) is 13.3 Å². The summed E-state index contributed by atoms with van der Waals surface area (Å²) in [5.41, 5.74) is 2.82. The Morgan fingerprint density at radius 3 is 2.94 bits per heavy atom. The van der Waals surface area contributed by atoms with E-state index in [1.807, 2.05) is 6.92 Å². The van der Waals surface area contributed by atoms with Gasteiger partial charge in [0.25, 0.3) is 0 Å². The Bertz CT molecular complexity index is 475. The van der Waals surface area contributed by atoms with Crippen molar-refractivity contribution in [3.63, 3.8) is 0 Å². The molecule has 2 rings (SSSR count). The summed E-state index contributed by atoms with van der Waals surface area (Å²) >= 11 is 1.59. The van der Waals surface area contributed by atoms with Crippen molar-refractivity contribution in [3.05, 3.63) is 34.4 Å². The van der Waals surface area contributed by atoms with E-state index in [1.165, 1.54) is 10.9 Å². The number of halogens is 1. The molecule has 0 aliphatic heterocycles. The SMILES string of the molecule is Cc1ncsc1CCOc1cc(F)ncn1. The van der Waals surface area contributed by atoms with Crippen molar-refractivity contribution in [3.8, 4) is 5.88 Å². The van der Waals surface area contributed by atoms with E-state index in [2.05, 4.69) is 15.0 Å². The predicted molar refractivity (Wildman–Crippen MR) is 58.0 cm³/mol. The number of ether oxygens (including phenoxy) is 1. The summed E-state index contributed by atoms with van der Waals surface area (Å²) in [5, 5.41) is 0. The van der Waals surface area contributed by atoms with Crippen LogP contribution < -0.4 is 4.74 Å². The molecule has 0 N–H and O–H groups in total. The topological polar surface area (TPSA) is 47.9 Å². The fourth-order valence-corrected chi connectivity index (χ4v) is 1.97. The highest BCUT2D eigenvalue weighted by molar-refractivity contribution is 7.09. The normalized spacial score (nSPS) is 10.4. The Hall–Kier alpha value is -1.56. The smallest absolute Gasteiger partial charge is 0.219 e. The number of aromatic nitrogens is 3. The van der Waals surface area contributed by atoms with Crippen molar-refractivity contribution < 1.29 is 9.13 Å². The van der Waals surface area contributed by atoms with Gasteiger partial charge in [-0.3, -0.25) is 0 Å². The molecule has 16 heavy (non-hydrogen) atoms. The highest BCUT2D eigenvalue weighted by atomic mass is 32.1. The van der Waals surface area contributed by atoms with Crippen molar-refractivity contribution in [1.82, 2.24) is 15.0 Å². The second kappa shape index (κ2) is 4.98. The minimum Gasteiger partial charge on any atom is -0.477 e. The number of hydrogen-bond acceptors (Lipinski definition) is 5. The Morgan fingerprint density at radius 2 is 2.25 bits per heavy atom. The fourth-order valence-electron chi connectivity index (χ4n) is 1.21. The average Bonchev–Trinajstić information content (AvgIpc) is 2.65. The van der Waals surface area contributed by atoms with E-state index in [4.69, 9.17) is 4.74 Å². The highest BCUT2D eigenvalue weighted by Crippen LogP contribution is 2.13. The van der Waals surface area contributed by atoms with Gasteiger partial charge in [-0.05, 0) is 6.92 Å². The third-order valence-corrected chi connectivity index (χ3v) is 3.03. The quantitative estimate of drug-likeness (QED) is 0.766. The van der Waals surface area contributed by atoms with E-state index in [1.54, 1.807) is 16.8 Å². The van der Waals surface area contributed by atoms with Crippen LogP contribution in [0.5, 0.6) is 5.88 Å². The Kier molecular flexibility index (Phi) is 3.40. The molecule has 84 valence electrons. The molecule has 0 radical (unpaired) electrons. The van der Waals surface area contributed by atoms with Crippen LogP contribution in [-0.2, 0) is 6.42 Å². The van der Waals surface area contributed by atoms with Gasteiger partial charge in [0.15, 0.2) is 0 Å². The molecule has 0 fully saturated rings. The van der Waals surface area contributed by atoms with Gasteiger partial charge in [-0.25, -0.2) is 15.0 Å². The third-order valence-electron chi connectivity index (χ3n) is 2.03. The largest absolute Gasteiger partial charge is 0.477 e. The number of aryl methyl sites for hydroxylation is 1. The number of nitrogens with zero attached hydrogens (tertiary/aromatic N) is 3. The molecule has 0 unspecified atom stereocenters. The lowest BCUT2D eigenvalue weighted by atomic mass is 10.3. The summed E-state index contributed by atoms with van der Waals surface area (Å²) in [6.07, 6.45) is 1.89. The molecule has 0 atom stereocenters. The molecule has 0 saturated heterocycles. The number of thiazole rings is 1. The van der Waals surface area contributed by atoms with Crippen LogP contribution in [0.2, 0.25) is 0 Å². The van der Waals surface area contributed by atoms with Gasteiger partial charge < -0.3 is 4.74 Å². The molecule has 0 aromatic carbocycles. The van der Waals surface area contributed by atoms with Gasteiger partial charge in [-0.1, -0.05) is 0 Å². The van der Waals surface area contributed by atoms with Crippen molar-refractivity contribution >= 4 is 11.3 Å². The molecule has 2 heterocycles. The maximum Gasteiger partial charge on any atom is 0.219 e. The molecular formula is C10H10FN3OS. The van der Waals surface area contributed by atoms with Crippen LogP contribution in [-0.4, -0.2) is 21.6 Å². The monoisotopic (exact) mass is 239 g/mol. The van der Waals surface area contributed by atoms with Crippen molar-refractivity contribution in [1.29, 1.82) is 0 Å². The Balaban J connectivity index is 1.87. The van der Waals surface area contributed by atoms with Crippen molar-refractivity contribution in [2.75, 3.05) is 6.61 Å². The molecular weight excluding hydrogens is 229 g/mol. The average molecular weight is 239 g/mol. The predicted octanol–water partition coefficient (Wildman–Crippen LogP) is 2.00. The first kappa shape index (κ1) is 10.9. The summed E-state index contributed by atoms with van der Waals surface area (Å²) in [4.78, 5) is 12.5. The Labute approximate surface area is 96.2 Å². The minimum absolute atomic E-state index is 0.259. The second-order valence-corrected chi connectivity index (χ2v) is 4.08. The van der Waals surface area contributed by atoms with E-state index in [9.17, 15) is 4.39 Å². The van der Waals surface area contributed by atoms with Gasteiger partial charge >= 0.3 is 0 Å². The molecule has 0 aliphatic carbocycles. The van der Waals surface area contributed by atoms with E-state index in [0.29, 0.717) is 6.61 Å². The van der Waals surface area contributed by atoms with Crippen LogP contribution in [0, 0.1) is 12.9 Å². The summed E-state index contributed by atoms with van der Waals surface area (Å²) in [6.45, 7) is 2.41. The Morgan fingerprint density at radius 1 is 1.38 bits per heavy atom. The van der Waals surface area contributed by atoms with Crippen LogP contribution in [0.4, 0.5) is 4.39 Å². The summed E-state index contributed by atoms with van der Waals surface area (Å²) in [7, 11) is 0. The van der Waals surface area contributed by atoms with Crippen LogP contribution in [0.1, 0.15) is 10.6 Å². The van der Waals surface area contributed by atoms with Gasteiger partial charge in [0, 0.05) is 11.3 Å². The molecule has 0 saturated carbocycles. The standard InChI is InChI=1S/C10H10FN3OS/c1-7-8(16-6-14-7)2-3-15-10-4-9(11)12-5-13-10/h4-6H,2-3H2,1H3. The molecule has 0 aliphatic rings. The van der Waals surface area contributed by atoms with Gasteiger partial charge in [-0.15, -0.1) is 11.3 Å². The lowest BCUT2D eigenvalue weighted by Gasteiger charge is -2.03. The second-order valence-electron chi connectivity index (χ2n) is 3.14. The van der Waals surface area contributed by atoms with Gasteiger partial charge in [0.1, 0.15) is 6.33 Å². The summed E-state index contributed by atoms with van der Waals surface area (Å²) in [5.74, 6) is -0.325. The zero-order valence-electron chi connectivity index (χ0n) is 8.68. The first-order valence-electron chi connectivity index (χ1n) is 4.75. The maximum absolute atomic E-state index is 12.7. The minimum atomic E-state index is -0.584. The van der Waals surface area contributed by atoms with E-state index < -0.39 is 5.95 Å². The van der Waals surface area contributed by atoms with Crippen LogP contribution in [0.3, 0.4) is 0 Å². The van der Waals surface area contributed by atoms with Crippen LogP contribution in [0.15, 0.2) is 17.9 Å². The van der Waals surface area contributed by atoms with Gasteiger partial charge in [-0.2, -0.15) is 4.39 Å². The van der Waals surface area contributed by atoms with E-state index in [-0.39, 0.29) is 5.88 Å². The zero-order chi connectivity index (χ0) is 11.4. The first-order valence-corrected chi connectivity index (χ1v) is 5.63. The highest BCUT2D eigenvalue weighted by Gasteiger charge is 2.03. The fraction of sp³-hybridized carbons (Fsp3) is 0.300. The lowest BCUT2D eigenvalue weighted by Crippen LogP contribution is -2.03. The van der Waals surface area contributed by atoms with Crippen LogP contribution >= 0.6 is 11.3 Å². The van der Waals surface area contributed by atoms with Gasteiger partial charge in [0.05, 0.1) is 23.9 Å². The molecule has 0 amide bonds. The zero-order valence-corrected chi connectivity index (χ0v) is 9.50. The number of hydrogen-bond donors (Lipinski definition) is 0.